The molecule has 10 heteroatoms. The van der Waals surface area contributed by atoms with E-state index in [1.165, 1.54) is 13.3 Å². The van der Waals surface area contributed by atoms with Gasteiger partial charge in [0.15, 0.2) is 6.04 Å². The fourth-order valence-electron chi connectivity index (χ4n) is 3.52. The highest BCUT2D eigenvalue weighted by molar-refractivity contribution is 6.07. The van der Waals surface area contributed by atoms with E-state index < -0.39 is 24.2 Å². The van der Waals surface area contributed by atoms with Gasteiger partial charge in [-0.15, -0.1) is 0 Å². The molecule has 3 aromatic rings. The molecule has 30 heavy (non-hydrogen) atoms. The van der Waals surface area contributed by atoms with Gasteiger partial charge in [0.1, 0.15) is 17.1 Å². The Morgan fingerprint density at radius 3 is 2.73 bits per heavy atom. The molecule has 0 saturated carbocycles. The molecule has 0 fully saturated rings. The van der Waals surface area contributed by atoms with Crippen LogP contribution in [0.3, 0.4) is 0 Å². The average molecular weight is 417 g/mol. The molecule has 1 aliphatic rings. The number of nitrogens with one attached hydrogen (secondary N) is 2. The second-order valence-corrected chi connectivity index (χ2v) is 6.78. The number of amides is 1. The molecule has 2 atom stereocenters. The number of para-hydroxylation sites is 1. The first-order valence-corrected chi connectivity index (χ1v) is 9.13. The molecule has 0 aliphatic carbocycles. The third-order valence-electron chi connectivity index (χ3n) is 4.92. The van der Waals surface area contributed by atoms with Crippen molar-refractivity contribution < 1.29 is 22.7 Å². The Morgan fingerprint density at radius 1 is 1.23 bits per heavy atom. The summed E-state index contributed by atoms with van der Waals surface area (Å²) in [6, 6.07) is 7.51. The maximum Gasteiger partial charge on any atom is 0.410 e. The van der Waals surface area contributed by atoms with Crippen molar-refractivity contribution in [2.24, 2.45) is 0 Å². The van der Waals surface area contributed by atoms with Crippen LogP contribution in [-0.4, -0.2) is 34.0 Å². The number of ether oxygens (including phenoxy) is 1. The minimum Gasteiger partial charge on any atom is -0.496 e. The Hall–Kier alpha value is -3.56. The molecular formula is C20H18F3N5O2. The van der Waals surface area contributed by atoms with Gasteiger partial charge in [-0.1, -0.05) is 18.2 Å². The Kier molecular flexibility index (Phi) is 5.06. The second-order valence-electron chi connectivity index (χ2n) is 6.78. The molecule has 2 unspecified atom stereocenters. The topological polar surface area (TPSA) is 81.1 Å². The van der Waals surface area contributed by atoms with E-state index >= 15 is 0 Å². The van der Waals surface area contributed by atoms with E-state index in [1.54, 1.807) is 42.6 Å². The summed E-state index contributed by atoms with van der Waals surface area (Å²) in [5, 5.41) is 9.54. The molecule has 1 amide bonds. The summed E-state index contributed by atoms with van der Waals surface area (Å²) in [6.45, 7) is 0. The van der Waals surface area contributed by atoms with E-state index in [0.717, 1.165) is 10.9 Å². The molecule has 1 aliphatic heterocycles. The number of benzene rings is 1. The number of alkyl halides is 3. The zero-order valence-electron chi connectivity index (χ0n) is 15.8. The van der Waals surface area contributed by atoms with Crippen molar-refractivity contribution in [3.8, 4) is 5.75 Å². The molecule has 0 spiro atoms. The van der Waals surface area contributed by atoms with E-state index in [-0.39, 0.29) is 17.8 Å². The van der Waals surface area contributed by atoms with Gasteiger partial charge in [-0.2, -0.15) is 18.3 Å². The summed E-state index contributed by atoms with van der Waals surface area (Å²) >= 11 is 0. The smallest absolute Gasteiger partial charge is 0.410 e. The fraction of sp³-hybridized carbons (Fsp3) is 0.250. The number of pyridine rings is 1. The Labute approximate surface area is 169 Å². The van der Waals surface area contributed by atoms with Crippen LogP contribution in [0.15, 0.2) is 55.0 Å². The summed E-state index contributed by atoms with van der Waals surface area (Å²) in [5.74, 6) is -0.121. The minimum atomic E-state index is -4.54. The normalized spacial score (nSPS) is 18.3. The third kappa shape index (κ3) is 3.68. The zero-order valence-corrected chi connectivity index (χ0v) is 15.8. The molecule has 0 saturated heterocycles. The number of fused-ring (bicyclic) bond motifs is 1. The molecule has 0 bridgehead atoms. The first kappa shape index (κ1) is 19.7. The van der Waals surface area contributed by atoms with Gasteiger partial charge in [-0.3, -0.25) is 9.78 Å². The van der Waals surface area contributed by atoms with Gasteiger partial charge in [-0.25, -0.2) is 4.68 Å². The molecule has 3 heterocycles. The molecule has 4 rings (SSSR count). The number of carbonyl (C=O) groups excluding carboxylic acids is 1. The van der Waals surface area contributed by atoms with Crippen molar-refractivity contribution in [2.75, 3.05) is 17.7 Å². The predicted molar refractivity (Wildman–Crippen MR) is 103 cm³/mol. The van der Waals surface area contributed by atoms with Crippen molar-refractivity contribution in [3.05, 3.63) is 66.1 Å². The maximum absolute atomic E-state index is 13.8. The van der Waals surface area contributed by atoms with Gasteiger partial charge >= 0.3 is 6.18 Å². The van der Waals surface area contributed by atoms with Crippen LogP contribution in [-0.2, 0) is 0 Å². The number of methoxy groups -OCH3 is 1. The quantitative estimate of drug-likeness (QED) is 0.665. The SMILES string of the molecule is COc1ccccc1C1CC(C(F)(F)F)n2ncc(C(=O)Nc3cccnc3)c2N1. The molecular weight excluding hydrogens is 399 g/mol. The number of anilines is 2. The highest BCUT2D eigenvalue weighted by atomic mass is 19.4. The molecule has 156 valence electrons. The first-order chi connectivity index (χ1) is 14.4. The molecule has 2 N–H and O–H groups in total. The fourth-order valence-corrected chi connectivity index (χ4v) is 3.52. The average Bonchev–Trinajstić information content (AvgIpc) is 3.17. The maximum atomic E-state index is 13.8. The van der Waals surface area contributed by atoms with E-state index in [9.17, 15) is 18.0 Å². The number of hydrogen-bond donors (Lipinski definition) is 2. The van der Waals surface area contributed by atoms with Crippen molar-refractivity contribution in [2.45, 2.75) is 24.7 Å². The van der Waals surface area contributed by atoms with E-state index in [4.69, 9.17) is 4.74 Å². The second kappa shape index (κ2) is 7.69. The number of rotatable bonds is 4. The van der Waals surface area contributed by atoms with Crippen molar-refractivity contribution >= 4 is 17.4 Å². The highest BCUT2D eigenvalue weighted by Crippen LogP contribution is 2.45. The van der Waals surface area contributed by atoms with Gasteiger partial charge in [0.2, 0.25) is 0 Å². The summed E-state index contributed by atoms with van der Waals surface area (Å²) in [4.78, 5) is 16.6. The minimum absolute atomic E-state index is 0.000807. The van der Waals surface area contributed by atoms with Crippen LogP contribution >= 0.6 is 0 Å². The standard InChI is InChI=1S/C20H18F3N5O2/c1-30-16-7-3-2-6-13(16)15-9-17(20(21,22)23)28-18(27-15)14(11-25-28)19(29)26-12-5-4-8-24-10-12/h2-8,10-11,15,17,27H,9H2,1H3,(H,26,29). The number of carbonyl (C=O) groups is 1. The molecule has 7 nitrogen and oxygen atoms in total. The van der Waals surface area contributed by atoms with Crippen LogP contribution < -0.4 is 15.4 Å². The number of nitrogens with zero attached hydrogens (tertiary/aromatic N) is 3. The number of hydrogen-bond acceptors (Lipinski definition) is 5. The van der Waals surface area contributed by atoms with Gasteiger partial charge in [0.25, 0.3) is 5.91 Å². The summed E-state index contributed by atoms with van der Waals surface area (Å²) < 4.78 is 47.6. The van der Waals surface area contributed by atoms with Crippen LogP contribution in [0.5, 0.6) is 5.75 Å². The third-order valence-corrected chi connectivity index (χ3v) is 4.92. The lowest BCUT2D eigenvalue weighted by atomic mass is 9.95. The lowest BCUT2D eigenvalue weighted by Gasteiger charge is -2.34. The first-order valence-electron chi connectivity index (χ1n) is 9.13. The van der Waals surface area contributed by atoms with E-state index in [0.29, 0.717) is 17.0 Å². The van der Waals surface area contributed by atoms with Crippen LogP contribution in [0.1, 0.15) is 34.4 Å². The molecule has 2 aromatic heterocycles. The molecule has 1 aromatic carbocycles. The van der Waals surface area contributed by atoms with E-state index in [2.05, 4.69) is 20.7 Å². The Balaban J connectivity index is 1.72. The lowest BCUT2D eigenvalue weighted by Crippen LogP contribution is -2.36. The van der Waals surface area contributed by atoms with Crippen LogP contribution in [0.4, 0.5) is 24.7 Å². The Morgan fingerprint density at radius 2 is 2.03 bits per heavy atom. The van der Waals surface area contributed by atoms with Crippen molar-refractivity contribution in [1.82, 2.24) is 14.8 Å². The summed E-state index contributed by atoms with van der Waals surface area (Å²) in [7, 11) is 1.46. The van der Waals surface area contributed by atoms with E-state index in [1.807, 2.05) is 0 Å². The number of aromatic nitrogens is 3. The van der Waals surface area contributed by atoms with Gasteiger partial charge < -0.3 is 15.4 Å². The largest absolute Gasteiger partial charge is 0.496 e. The Bertz CT molecular complexity index is 1050. The zero-order chi connectivity index (χ0) is 21.3. The van der Waals surface area contributed by atoms with Gasteiger partial charge in [0, 0.05) is 18.2 Å². The van der Waals surface area contributed by atoms with Crippen LogP contribution in [0, 0.1) is 0 Å². The summed E-state index contributed by atoms with van der Waals surface area (Å²) in [5.41, 5.74) is 1.000. The van der Waals surface area contributed by atoms with Crippen molar-refractivity contribution in [1.29, 1.82) is 0 Å². The summed E-state index contributed by atoms with van der Waals surface area (Å²) in [6.07, 6.45) is -0.706. The monoisotopic (exact) mass is 417 g/mol. The lowest BCUT2D eigenvalue weighted by molar-refractivity contribution is -0.173. The van der Waals surface area contributed by atoms with Crippen molar-refractivity contribution in [3.63, 3.8) is 0 Å². The van der Waals surface area contributed by atoms with Gasteiger partial charge in [-0.05, 0) is 18.2 Å². The van der Waals surface area contributed by atoms with Gasteiger partial charge in [0.05, 0.1) is 31.2 Å². The highest BCUT2D eigenvalue weighted by Gasteiger charge is 2.47. The predicted octanol–water partition coefficient (Wildman–Crippen LogP) is 4.20. The number of halogens is 3. The van der Waals surface area contributed by atoms with Crippen LogP contribution in [0.2, 0.25) is 0 Å². The molecule has 0 radical (unpaired) electrons. The van der Waals surface area contributed by atoms with Crippen LogP contribution in [0.25, 0.3) is 0 Å².